The predicted octanol–water partition coefficient (Wildman–Crippen LogP) is 0.471. The lowest BCUT2D eigenvalue weighted by Gasteiger charge is -2.28. The van der Waals surface area contributed by atoms with Crippen molar-refractivity contribution in [3.8, 4) is 0 Å². The summed E-state index contributed by atoms with van der Waals surface area (Å²) in [5, 5.41) is 14.4. The van der Waals surface area contributed by atoms with Crippen molar-refractivity contribution >= 4 is 23.7 Å². The summed E-state index contributed by atoms with van der Waals surface area (Å²) >= 11 is 0. The van der Waals surface area contributed by atoms with Gasteiger partial charge < -0.3 is 26.4 Å². The van der Waals surface area contributed by atoms with Gasteiger partial charge in [0.1, 0.15) is 18.1 Å². The average molecular weight is 413 g/mol. The first-order valence-electron chi connectivity index (χ1n) is 10.4. The van der Waals surface area contributed by atoms with E-state index in [1.54, 1.807) is 6.92 Å². The molecule has 0 radical (unpaired) electrons. The monoisotopic (exact) mass is 412 g/mol. The summed E-state index contributed by atoms with van der Waals surface area (Å²) in [5.74, 6) is -2.34. The molecule has 0 saturated carbocycles. The Morgan fingerprint density at radius 2 is 1.76 bits per heavy atom. The summed E-state index contributed by atoms with van der Waals surface area (Å²) in [6, 6.07) is -3.27. The van der Waals surface area contributed by atoms with Gasteiger partial charge in [0.2, 0.25) is 17.7 Å². The van der Waals surface area contributed by atoms with Crippen LogP contribution in [0.1, 0.15) is 60.3 Å². The SMILES string of the molecule is CCC(C)C(NC(=O)C(C)NC(=O)C1CCCN1C(=O)C(N)CC(C)C)C(=O)O. The van der Waals surface area contributed by atoms with E-state index >= 15 is 0 Å². The second-order valence-electron chi connectivity index (χ2n) is 8.37. The Bertz CT molecular complexity index is 610. The number of hydrogen-bond donors (Lipinski definition) is 4. The molecule has 0 aliphatic carbocycles. The fourth-order valence-corrected chi connectivity index (χ4v) is 3.46. The zero-order valence-electron chi connectivity index (χ0n) is 18.1. The van der Waals surface area contributed by atoms with Crippen LogP contribution in [0, 0.1) is 11.8 Å². The van der Waals surface area contributed by atoms with Crippen LogP contribution >= 0.6 is 0 Å². The van der Waals surface area contributed by atoms with E-state index in [9.17, 15) is 24.3 Å². The fraction of sp³-hybridized carbons (Fsp3) is 0.800. The van der Waals surface area contributed by atoms with E-state index in [0.29, 0.717) is 32.2 Å². The number of rotatable bonds is 10. The summed E-state index contributed by atoms with van der Waals surface area (Å²) in [7, 11) is 0. The molecule has 0 aromatic heterocycles. The second-order valence-corrected chi connectivity index (χ2v) is 8.37. The molecule has 9 nitrogen and oxygen atoms in total. The summed E-state index contributed by atoms with van der Waals surface area (Å²) in [6.45, 7) is 9.49. The molecule has 1 aliphatic heterocycles. The van der Waals surface area contributed by atoms with Gasteiger partial charge in [-0.05, 0) is 38.0 Å². The average Bonchev–Trinajstić information content (AvgIpc) is 3.13. The van der Waals surface area contributed by atoms with Gasteiger partial charge in [0.25, 0.3) is 0 Å². The molecule has 5 atom stereocenters. The van der Waals surface area contributed by atoms with Gasteiger partial charge in [0, 0.05) is 6.54 Å². The molecule has 29 heavy (non-hydrogen) atoms. The van der Waals surface area contributed by atoms with Crippen LogP contribution in [0.15, 0.2) is 0 Å². The predicted molar refractivity (Wildman–Crippen MR) is 109 cm³/mol. The maximum Gasteiger partial charge on any atom is 0.326 e. The maximum atomic E-state index is 12.7. The lowest BCUT2D eigenvalue weighted by molar-refractivity contribution is -0.144. The summed E-state index contributed by atoms with van der Waals surface area (Å²) in [4.78, 5) is 50.6. The number of nitrogens with one attached hydrogen (secondary N) is 2. The molecule has 1 fully saturated rings. The van der Waals surface area contributed by atoms with Crippen LogP contribution in [0.4, 0.5) is 0 Å². The topological polar surface area (TPSA) is 142 Å². The number of amides is 3. The number of carbonyl (C=O) groups excluding carboxylic acids is 3. The summed E-state index contributed by atoms with van der Waals surface area (Å²) in [6.07, 6.45) is 2.32. The molecule has 1 aliphatic rings. The van der Waals surface area contributed by atoms with E-state index < -0.39 is 42.0 Å². The molecule has 0 aromatic rings. The van der Waals surface area contributed by atoms with Crippen molar-refractivity contribution in [2.75, 3.05) is 6.54 Å². The first-order valence-corrected chi connectivity index (χ1v) is 10.4. The van der Waals surface area contributed by atoms with Crippen LogP contribution in [0.3, 0.4) is 0 Å². The van der Waals surface area contributed by atoms with Gasteiger partial charge in [-0.2, -0.15) is 0 Å². The number of carboxylic acid groups (broad SMARTS) is 1. The van der Waals surface area contributed by atoms with Crippen molar-refractivity contribution < 1.29 is 24.3 Å². The van der Waals surface area contributed by atoms with Gasteiger partial charge >= 0.3 is 5.97 Å². The van der Waals surface area contributed by atoms with Crippen molar-refractivity contribution in [3.63, 3.8) is 0 Å². The Morgan fingerprint density at radius 3 is 2.28 bits per heavy atom. The van der Waals surface area contributed by atoms with E-state index in [-0.39, 0.29) is 17.7 Å². The standard InChI is InChI=1S/C20H36N4O5/c1-6-12(4)16(20(28)29)23-17(25)13(5)22-18(26)15-8-7-9-24(15)19(27)14(21)10-11(2)3/h11-16H,6-10,21H2,1-5H3,(H,22,26)(H,23,25)(H,28,29). The molecule has 3 amide bonds. The molecule has 0 aromatic carbocycles. The number of hydrogen-bond acceptors (Lipinski definition) is 5. The smallest absolute Gasteiger partial charge is 0.326 e. The molecule has 1 rings (SSSR count). The largest absolute Gasteiger partial charge is 0.480 e. The van der Waals surface area contributed by atoms with Gasteiger partial charge in [0.05, 0.1) is 6.04 Å². The van der Waals surface area contributed by atoms with Crippen molar-refractivity contribution in [2.45, 2.75) is 84.5 Å². The first-order chi connectivity index (χ1) is 13.5. The Labute approximate surface area is 172 Å². The minimum absolute atomic E-state index is 0.246. The van der Waals surface area contributed by atoms with Gasteiger partial charge in [-0.1, -0.05) is 34.1 Å². The van der Waals surface area contributed by atoms with Gasteiger partial charge in [-0.15, -0.1) is 0 Å². The highest BCUT2D eigenvalue weighted by Gasteiger charge is 2.37. The number of carboxylic acids is 1. The molecular weight excluding hydrogens is 376 g/mol. The lowest BCUT2D eigenvalue weighted by Crippen LogP contribution is -2.56. The van der Waals surface area contributed by atoms with Crippen molar-refractivity contribution in [3.05, 3.63) is 0 Å². The third-order valence-electron chi connectivity index (χ3n) is 5.41. The van der Waals surface area contributed by atoms with E-state index in [0.717, 1.165) is 0 Å². The number of likely N-dealkylation sites (tertiary alicyclic amines) is 1. The Hall–Kier alpha value is -2.16. The number of nitrogens with two attached hydrogens (primary N) is 1. The Morgan fingerprint density at radius 1 is 1.14 bits per heavy atom. The maximum absolute atomic E-state index is 12.7. The highest BCUT2D eigenvalue weighted by molar-refractivity contribution is 5.94. The molecule has 5 N–H and O–H groups in total. The van der Waals surface area contributed by atoms with E-state index in [1.165, 1.54) is 11.8 Å². The zero-order valence-corrected chi connectivity index (χ0v) is 18.1. The quantitative estimate of drug-likeness (QED) is 0.411. The molecule has 9 heteroatoms. The molecule has 5 unspecified atom stereocenters. The Balaban J connectivity index is 2.72. The molecule has 0 spiro atoms. The first kappa shape index (κ1) is 24.9. The normalized spacial score (nSPS) is 20.7. The lowest BCUT2D eigenvalue weighted by atomic mass is 9.99. The van der Waals surface area contributed by atoms with Gasteiger partial charge in [-0.25, -0.2) is 4.79 Å². The number of nitrogens with zero attached hydrogens (tertiary/aromatic N) is 1. The van der Waals surface area contributed by atoms with E-state index in [1.807, 2.05) is 20.8 Å². The third-order valence-corrected chi connectivity index (χ3v) is 5.41. The summed E-state index contributed by atoms with van der Waals surface area (Å²) < 4.78 is 0. The van der Waals surface area contributed by atoms with Gasteiger partial charge in [0.15, 0.2) is 0 Å². The van der Waals surface area contributed by atoms with Crippen LogP contribution in [-0.2, 0) is 19.2 Å². The van der Waals surface area contributed by atoms with Crippen molar-refractivity contribution in [1.29, 1.82) is 0 Å². The minimum atomic E-state index is -1.11. The van der Waals surface area contributed by atoms with Crippen LogP contribution in [0.25, 0.3) is 0 Å². The van der Waals surface area contributed by atoms with Crippen molar-refractivity contribution in [1.82, 2.24) is 15.5 Å². The minimum Gasteiger partial charge on any atom is -0.480 e. The number of carbonyl (C=O) groups is 4. The zero-order chi connectivity index (χ0) is 22.3. The molecule has 1 saturated heterocycles. The molecule has 166 valence electrons. The highest BCUT2D eigenvalue weighted by atomic mass is 16.4. The van der Waals surface area contributed by atoms with E-state index in [2.05, 4.69) is 10.6 Å². The van der Waals surface area contributed by atoms with Gasteiger partial charge in [-0.3, -0.25) is 14.4 Å². The highest BCUT2D eigenvalue weighted by Crippen LogP contribution is 2.20. The van der Waals surface area contributed by atoms with Crippen LogP contribution < -0.4 is 16.4 Å². The van der Waals surface area contributed by atoms with Crippen LogP contribution in [0.5, 0.6) is 0 Å². The van der Waals surface area contributed by atoms with Crippen LogP contribution in [-0.4, -0.2) is 64.4 Å². The van der Waals surface area contributed by atoms with E-state index in [4.69, 9.17) is 5.73 Å². The fourth-order valence-electron chi connectivity index (χ4n) is 3.46. The molecule has 1 heterocycles. The number of aliphatic carboxylic acids is 1. The molecular formula is C20H36N4O5. The third kappa shape index (κ3) is 6.99. The molecule has 0 bridgehead atoms. The Kier molecular flexibility index (Phi) is 9.55. The van der Waals surface area contributed by atoms with Crippen molar-refractivity contribution in [2.24, 2.45) is 17.6 Å². The summed E-state index contributed by atoms with van der Waals surface area (Å²) in [5.41, 5.74) is 5.99. The second kappa shape index (κ2) is 11.1. The van der Waals surface area contributed by atoms with Crippen LogP contribution in [0.2, 0.25) is 0 Å².